The second-order valence-electron chi connectivity index (χ2n) is 8.35. The zero-order valence-corrected chi connectivity index (χ0v) is 18.8. The number of benzene rings is 4. The first-order valence-corrected chi connectivity index (χ1v) is 10.9. The Morgan fingerprint density at radius 1 is 0.788 bits per heavy atom. The van der Waals surface area contributed by atoms with E-state index in [4.69, 9.17) is 0 Å². The van der Waals surface area contributed by atoms with Crippen molar-refractivity contribution >= 4 is 22.4 Å². The van der Waals surface area contributed by atoms with Crippen LogP contribution in [0.5, 0.6) is 0 Å². The smallest absolute Gasteiger partial charge is 0.295 e. The van der Waals surface area contributed by atoms with Crippen molar-refractivity contribution in [2.24, 2.45) is 0 Å². The van der Waals surface area contributed by atoms with Crippen molar-refractivity contribution in [2.45, 2.75) is 20.8 Å². The zero-order chi connectivity index (χ0) is 22.9. The fraction of sp³-hybridized carbons (Fsp3) is 0.107. The number of aryl methyl sites for hydroxylation is 3. The van der Waals surface area contributed by atoms with Crippen LogP contribution in [0.25, 0.3) is 27.8 Å². The largest absolute Gasteiger partial charge is 0.319 e. The Bertz CT molecular complexity index is 1500. The lowest BCUT2D eigenvalue weighted by molar-refractivity contribution is 0.101. The molecular weight excluding hydrogens is 408 g/mol. The molecule has 0 aliphatic heterocycles. The maximum Gasteiger partial charge on any atom is 0.295 e. The van der Waals surface area contributed by atoms with Gasteiger partial charge in [-0.3, -0.25) is 4.79 Å². The van der Waals surface area contributed by atoms with E-state index in [1.807, 2.05) is 86.6 Å². The Labute approximate surface area is 192 Å². The van der Waals surface area contributed by atoms with Gasteiger partial charge in [-0.05, 0) is 61.4 Å². The first kappa shape index (κ1) is 20.6. The zero-order valence-electron chi connectivity index (χ0n) is 18.8. The molecule has 0 aliphatic carbocycles. The Kier molecular flexibility index (Phi) is 5.23. The van der Waals surface area contributed by atoms with Gasteiger partial charge in [-0.25, -0.2) is 9.67 Å². The van der Waals surface area contributed by atoms with Crippen LogP contribution in [0.1, 0.15) is 27.3 Å². The highest BCUT2D eigenvalue weighted by Gasteiger charge is 2.20. The summed E-state index contributed by atoms with van der Waals surface area (Å²) in [5.74, 6) is 0.414. The van der Waals surface area contributed by atoms with Crippen LogP contribution in [0.15, 0.2) is 84.9 Å². The molecule has 5 rings (SSSR count). The second-order valence-corrected chi connectivity index (χ2v) is 8.35. The quantitative estimate of drug-likeness (QED) is 0.364. The van der Waals surface area contributed by atoms with Gasteiger partial charge in [-0.15, -0.1) is 5.10 Å². The molecule has 33 heavy (non-hydrogen) atoms. The van der Waals surface area contributed by atoms with Gasteiger partial charge in [0.05, 0.1) is 5.69 Å². The van der Waals surface area contributed by atoms with Gasteiger partial charge in [0.2, 0.25) is 5.82 Å². The SMILES string of the molecule is Cc1cccc(-c2nc(C(=O)Nc3ccc4ccccc4c3)nn2-c2ccc(C)cc2C)c1. The molecule has 0 unspecified atom stereocenters. The number of hydrogen-bond donors (Lipinski definition) is 1. The van der Waals surface area contributed by atoms with Crippen molar-refractivity contribution in [2.75, 3.05) is 5.32 Å². The number of nitrogens with zero attached hydrogens (tertiary/aromatic N) is 3. The first-order valence-electron chi connectivity index (χ1n) is 10.9. The molecule has 1 heterocycles. The number of carbonyl (C=O) groups excluding carboxylic acids is 1. The van der Waals surface area contributed by atoms with Gasteiger partial charge >= 0.3 is 0 Å². The molecule has 0 fully saturated rings. The lowest BCUT2D eigenvalue weighted by Crippen LogP contribution is -2.14. The number of amides is 1. The van der Waals surface area contributed by atoms with Crippen molar-refractivity contribution in [3.8, 4) is 17.1 Å². The maximum atomic E-state index is 13.1. The monoisotopic (exact) mass is 432 g/mol. The first-order chi connectivity index (χ1) is 16.0. The molecule has 0 radical (unpaired) electrons. The highest BCUT2D eigenvalue weighted by molar-refractivity contribution is 6.03. The number of anilines is 1. The third kappa shape index (κ3) is 4.13. The standard InChI is InChI=1S/C28H24N4O/c1-18-7-6-10-23(16-18)27-30-26(31-32(27)25-14-11-19(2)15-20(25)3)28(33)29-24-13-12-21-8-4-5-9-22(21)17-24/h4-17H,1-3H3,(H,29,33). The van der Waals surface area contributed by atoms with Gasteiger partial charge in [0.1, 0.15) is 0 Å². The molecule has 1 aromatic heterocycles. The molecule has 4 aromatic carbocycles. The third-order valence-electron chi connectivity index (χ3n) is 5.67. The summed E-state index contributed by atoms with van der Waals surface area (Å²) in [6.07, 6.45) is 0. The summed E-state index contributed by atoms with van der Waals surface area (Å²) in [7, 11) is 0. The Morgan fingerprint density at radius 2 is 1.58 bits per heavy atom. The summed E-state index contributed by atoms with van der Waals surface area (Å²) in [4.78, 5) is 17.8. The van der Waals surface area contributed by atoms with Crippen molar-refractivity contribution < 1.29 is 4.79 Å². The highest BCUT2D eigenvalue weighted by atomic mass is 16.2. The van der Waals surface area contributed by atoms with E-state index in [9.17, 15) is 4.79 Å². The molecule has 0 aliphatic rings. The minimum absolute atomic E-state index is 0.125. The molecular formula is C28H24N4O. The molecule has 0 saturated heterocycles. The lowest BCUT2D eigenvalue weighted by Gasteiger charge is -2.10. The average molecular weight is 433 g/mol. The van der Waals surface area contributed by atoms with E-state index >= 15 is 0 Å². The van der Waals surface area contributed by atoms with E-state index in [-0.39, 0.29) is 11.7 Å². The normalized spacial score (nSPS) is 11.0. The Hall–Kier alpha value is -4.25. The predicted octanol–water partition coefficient (Wildman–Crippen LogP) is 6.27. The van der Waals surface area contributed by atoms with Crippen molar-refractivity contribution in [1.82, 2.24) is 14.8 Å². The Morgan fingerprint density at radius 3 is 2.36 bits per heavy atom. The minimum atomic E-state index is -0.345. The molecule has 0 atom stereocenters. The van der Waals surface area contributed by atoms with Crippen molar-refractivity contribution in [3.63, 3.8) is 0 Å². The summed E-state index contributed by atoms with van der Waals surface area (Å²) in [6.45, 7) is 6.13. The number of carbonyl (C=O) groups is 1. The molecule has 1 N–H and O–H groups in total. The van der Waals surface area contributed by atoms with E-state index in [2.05, 4.69) is 34.5 Å². The van der Waals surface area contributed by atoms with E-state index in [0.29, 0.717) is 11.5 Å². The molecule has 0 spiro atoms. The van der Waals surface area contributed by atoms with E-state index in [1.165, 1.54) is 5.56 Å². The predicted molar refractivity (Wildman–Crippen MR) is 133 cm³/mol. The number of aromatic nitrogens is 3. The van der Waals surface area contributed by atoms with Gasteiger partial charge in [-0.1, -0.05) is 71.8 Å². The summed E-state index contributed by atoms with van der Waals surface area (Å²) in [5.41, 5.74) is 5.86. The van der Waals surface area contributed by atoms with Gasteiger partial charge < -0.3 is 5.32 Å². The highest BCUT2D eigenvalue weighted by Crippen LogP contribution is 2.25. The topological polar surface area (TPSA) is 59.8 Å². The van der Waals surface area contributed by atoms with Gasteiger partial charge in [0, 0.05) is 11.3 Å². The van der Waals surface area contributed by atoms with Gasteiger partial charge in [0.25, 0.3) is 5.91 Å². The van der Waals surface area contributed by atoms with Gasteiger partial charge in [0.15, 0.2) is 5.82 Å². The molecule has 1 amide bonds. The van der Waals surface area contributed by atoms with E-state index in [1.54, 1.807) is 4.68 Å². The summed E-state index contributed by atoms with van der Waals surface area (Å²) >= 11 is 0. The number of rotatable bonds is 4. The van der Waals surface area contributed by atoms with E-state index < -0.39 is 0 Å². The molecule has 5 heteroatoms. The lowest BCUT2D eigenvalue weighted by atomic mass is 10.1. The number of nitrogens with one attached hydrogen (secondary N) is 1. The minimum Gasteiger partial charge on any atom is -0.319 e. The van der Waals surface area contributed by atoms with Crippen LogP contribution < -0.4 is 5.32 Å². The fourth-order valence-corrected chi connectivity index (χ4v) is 4.04. The van der Waals surface area contributed by atoms with Crippen LogP contribution in [0, 0.1) is 20.8 Å². The van der Waals surface area contributed by atoms with Crippen molar-refractivity contribution in [1.29, 1.82) is 0 Å². The van der Waals surface area contributed by atoms with Gasteiger partial charge in [-0.2, -0.15) is 0 Å². The van der Waals surface area contributed by atoms with Crippen LogP contribution in [-0.2, 0) is 0 Å². The maximum absolute atomic E-state index is 13.1. The van der Waals surface area contributed by atoms with Crippen LogP contribution in [-0.4, -0.2) is 20.7 Å². The van der Waals surface area contributed by atoms with Crippen LogP contribution in [0.3, 0.4) is 0 Å². The van der Waals surface area contributed by atoms with Crippen LogP contribution in [0.2, 0.25) is 0 Å². The van der Waals surface area contributed by atoms with Crippen molar-refractivity contribution in [3.05, 3.63) is 107 Å². The molecule has 0 saturated carbocycles. The molecule has 5 aromatic rings. The molecule has 0 bridgehead atoms. The van der Waals surface area contributed by atoms with Crippen LogP contribution >= 0.6 is 0 Å². The third-order valence-corrected chi connectivity index (χ3v) is 5.67. The summed E-state index contributed by atoms with van der Waals surface area (Å²) < 4.78 is 1.76. The summed E-state index contributed by atoms with van der Waals surface area (Å²) in [5, 5.41) is 9.76. The number of fused-ring (bicyclic) bond motifs is 1. The number of hydrogen-bond acceptors (Lipinski definition) is 3. The fourth-order valence-electron chi connectivity index (χ4n) is 4.04. The molecule has 162 valence electrons. The Balaban J connectivity index is 1.56. The summed E-state index contributed by atoms with van der Waals surface area (Å²) in [6, 6.07) is 28.1. The van der Waals surface area contributed by atoms with E-state index in [0.717, 1.165) is 33.2 Å². The second kappa shape index (κ2) is 8.36. The molecule has 5 nitrogen and oxygen atoms in total. The average Bonchev–Trinajstić information content (AvgIpc) is 3.24. The van der Waals surface area contributed by atoms with Crippen LogP contribution in [0.4, 0.5) is 5.69 Å².